The lowest BCUT2D eigenvalue weighted by Crippen LogP contribution is -2.20. The normalized spacial score (nSPS) is 12.8. The maximum Gasteiger partial charge on any atom is 0.131 e. The van der Waals surface area contributed by atoms with Crippen LogP contribution in [0.3, 0.4) is 0 Å². The Hall–Kier alpha value is -1.00. The van der Waals surface area contributed by atoms with Gasteiger partial charge in [0.2, 0.25) is 0 Å². The lowest BCUT2D eigenvalue weighted by atomic mass is 10.1. The SMILES string of the molecule is CCOC(CNC)c1ccc(F)cc1F. The van der Waals surface area contributed by atoms with Crippen molar-refractivity contribution in [3.8, 4) is 0 Å². The zero-order valence-electron chi connectivity index (χ0n) is 8.89. The molecular formula is C11H15F2NO. The summed E-state index contributed by atoms with van der Waals surface area (Å²) < 4.78 is 31.4. The summed E-state index contributed by atoms with van der Waals surface area (Å²) in [6, 6.07) is 3.53. The van der Waals surface area contributed by atoms with Crippen molar-refractivity contribution in [2.24, 2.45) is 0 Å². The second kappa shape index (κ2) is 5.78. The van der Waals surface area contributed by atoms with Gasteiger partial charge in [-0.1, -0.05) is 6.07 Å². The zero-order valence-corrected chi connectivity index (χ0v) is 8.89. The Morgan fingerprint density at radius 3 is 2.67 bits per heavy atom. The van der Waals surface area contributed by atoms with Crippen LogP contribution in [0, 0.1) is 11.6 Å². The van der Waals surface area contributed by atoms with Crippen LogP contribution < -0.4 is 5.32 Å². The van der Waals surface area contributed by atoms with E-state index in [1.54, 1.807) is 7.05 Å². The minimum absolute atomic E-state index is 0.374. The van der Waals surface area contributed by atoms with Gasteiger partial charge in [-0.25, -0.2) is 8.78 Å². The summed E-state index contributed by atoms with van der Waals surface area (Å²) >= 11 is 0. The van der Waals surface area contributed by atoms with Crippen LogP contribution in [0.5, 0.6) is 0 Å². The molecule has 0 aliphatic carbocycles. The summed E-state index contributed by atoms with van der Waals surface area (Å²) in [5, 5.41) is 2.91. The first-order valence-electron chi connectivity index (χ1n) is 4.90. The fourth-order valence-corrected chi connectivity index (χ4v) is 1.41. The Bertz CT molecular complexity index is 311. The number of likely N-dealkylation sites (N-methyl/N-ethyl adjacent to an activating group) is 1. The van der Waals surface area contributed by atoms with E-state index in [0.29, 0.717) is 18.7 Å². The molecule has 0 bridgehead atoms. The molecule has 15 heavy (non-hydrogen) atoms. The molecule has 0 aliphatic heterocycles. The van der Waals surface area contributed by atoms with Crippen LogP contribution in [0.4, 0.5) is 8.78 Å². The summed E-state index contributed by atoms with van der Waals surface area (Å²) in [5.74, 6) is -1.14. The molecule has 1 atom stereocenters. The van der Waals surface area contributed by atoms with Gasteiger partial charge in [0.25, 0.3) is 0 Å². The van der Waals surface area contributed by atoms with E-state index < -0.39 is 11.6 Å². The minimum atomic E-state index is -0.573. The predicted molar refractivity (Wildman–Crippen MR) is 54.7 cm³/mol. The molecule has 0 radical (unpaired) electrons. The van der Waals surface area contributed by atoms with Crippen LogP contribution in [-0.4, -0.2) is 20.2 Å². The summed E-state index contributed by atoms with van der Waals surface area (Å²) in [6.07, 6.45) is -0.374. The molecular weight excluding hydrogens is 200 g/mol. The van der Waals surface area contributed by atoms with Gasteiger partial charge in [0.15, 0.2) is 0 Å². The highest BCUT2D eigenvalue weighted by Gasteiger charge is 2.15. The molecule has 0 aromatic heterocycles. The summed E-state index contributed by atoms with van der Waals surface area (Å²) in [7, 11) is 1.76. The van der Waals surface area contributed by atoms with Crippen LogP contribution in [0.15, 0.2) is 18.2 Å². The van der Waals surface area contributed by atoms with Crippen LogP contribution in [-0.2, 0) is 4.74 Å². The molecule has 0 saturated heterocycles. The third-order valence-electron chi connectivity index (χ3n) is 2.07. The fourth-order valence-electron chi connectivity index (χ4n) is 1.41. The van der Waals surface area contributed by atoms with Crippen molar-refractivity contribution in [3.63, 3.8) is 0 Å². The highest BCUT2D eigenvalue weighted by atomic mass is 19.1. The van der Waals surface area contributed by atoms with E-state index in [9.17, 15) is 8.78 Å². The molecule has 0 saturated carbocycles. The smallest absolute Gasteiger partial charge is 0.131 e. The molecule has 2 nitrogen and oxygen atoms in total. The number of ether oxygens (including phenoxy) is 1. The van der Waals surface area contributed by atoms with Crippen LogP contribution in [0.25, 0.3) is 0 Å². The second-order valence-corrected chi connectivity index (χ2v) is 3.17. The summed E-state index contributed by atoms with van der Waals surface area (Å²) in [5.41, 5.74) is 0.382. The maximum atomic E-state index is 13.4. The van der Waals surface area contributed by atoms with Gasteiger partial charge in [-0.3, -0.25) is 0 Å². The van der Waals surface area contributed by atoms with Crippen molar-refractivity contribution in [1.29, 1.82) is 0 Å². The molecule has 0 aliphatic rings. The monoisotopic (exact) mass is 215 g/mol. The van der Waals surface area contributed by atoms with Crippen molar-refractivity contribution in [1.82, 2.24) is 5.32 Å². The summed E-state index contributed by atoms with van der Waals surface area (Å²) in [4.78, 5) is 0. The molecule has 84 valence electrons. The van der Waals surface area contributed by atoms with Gasteiger partial charge < -0.3 is 10.1 Å². The fraction of sp³-hybridized carbons (Fsp3) is 0.455. The first-order valence-corrected chi connectivity index (χ1v) is 4.90. The van der Waals surface area contributed by atoms with Gasteiger partial charge >= 0.3 is 0 Å². The zero-order chi connectivity index (χ0) is 11.3. The Labute approximate surface area is 88.3 Å². The Morgan fingerprint density at radius 1 is 1.40 bits per heavy atom. The number of hydrogen-bond acceptors (Lipinski definition) is 2. The van der Waals surface area contributed by atoms with Crippen molar-refractivity contribution in [3.05, 3.63) is 35.4 Å². The molecule has 0 fully saturated rings. The molecule has 0 amide bonds. The third kappa shape index (κ3) is 3.25. The van der Waals surface area contributed by atoms with E-state index in [1.807, 2.05) is 6.92 Å². The Morgan fingerprint density at radius 2 is 2.13 bits per heavy atom. The number of rotatable bonds is 5. The van der Waals surface area contributed by atoms with Gasteiger partial charge in [0.1, 0.15) is 11.6 Å². The maximum absolute atomic E-state index is 13.4. The highest BCUT2D eigenvalue weighted by molar-refractivity contribution is 5.21. The van der Waals surface area contributed by atoms with E-state index in [4.69, 9.17) is 4.74 Å². The van der Waals surface area contributed by atoms with Gasteiger partial charge in [-0.15, -0.1) is 0 Å². The first-order chi connectivity index (χ1) is 7.19. The predicted octanol–water partition coefficient (Wildman–Crippen LogP) is 2.26. The number of nitrogens with one attached hydrogen (secondary N) is 1. The van der Waals surface area contributed by atoms with Crippen molar-refractivity contribution >= 4 is 0 Å². The average Bonchev–Trinajstić information content (AvgIpc) is 2.17. The Kier molecular flexibility index (Phi) is 4.65. The van der Waals surface area contributed by atoms with E-state index in [1.165, 1.54) is 12.1 Å². The molecule has 0 heterocycles. The van der Waals surface area contributed by atoms with E-state index in [2.05, 4.69) is 5.32 Å². The largest absolute Gasteiger partial charge is 0.372 e. The van der Waals surface area contributed by atoms with Gasteiger partial charge in [0, 0.05) is 24.8 Å². The van der Waals surface area contributed by atoms with E-state index >= 15 is 0 Å². The minimum Gasteiger partial charge on any atom is -0.372 e. The Balaban J connectivity index is 2.89. The quantitative estimate of drug-likeness (QED) is 0.813. The van der Waals surface area contributed by atoms with Gasteiger partial charge in [-0.05, 0) is 20.0 Å². The van der Waals surface area contributed by atoms with Gasteiger partial charge in [-0.2, -0.15) is 0 Å². The molecule has 4 heteroatoms. The molecule has 1 N–H and O–H groups in total. The molecule has 0 spiro atoms. The van der Waals surface area contributed by atoms with Crippen LogP contribution >= 0.6 is 0 Å². The van der Waals surface area contributed by atoms with Crippen molar-refractivity contribution in [2.75, 3.05) is 20.2 Å². The standard InChI is InChI=1S/C11H15F2NO/c1-3-15-11(7-14-2)9-5-4-8(12)6-10(9)13/h4-6,11,14H,3,7H2,1-2H3. The molecule has 1 aromatic carbocycles. The molecule has 1 aromatic rings. The number of hydrogen-bond donors (Lipinski definition) is 1. The topological polar surface area (TPSA) is 21.3 Å². The van der Waals surface area contributed by atoms with Crippen molar-refractivity contribution < 1.29 is 13.5 Å². The van der Waals surface area contributed by atoms with Gasteiger partial charge in [0.05, 0.1) is 6.10 Å². The van der Waals surface area contributed by atoms with Crippen LogP contribution in [0.1, 0.15) is 18.6 Å². The lowest BCUT2D eigenvalue weighted by molar-refractivity contribution is 0.0612. The molecule has 1 rings (SSSR count). The number of halogens is 2. The van der Waals surface area contributed by atoms with E-state index in [-0.39, 0.29) is 6.10 Å². The lowest BCUT2D eigenvalue weighted by Gasteiger charge is -2.17. The summed E-state index contributed by atoms with van der Waals surface area (Å²) in [6.45, 7) is 2.82. The second-order valence-electron chi connectivity index (χ2n) is 3.17. The third-order valence-corrected chi connectivity index (χ3v) is 2.07. The molecule has 1 unspecified atom stereocenters. The average molecular weight is 215 g/mol. The number of benzene rings is 1. The van der Waals surface area contributed by atoms with E-state index in [0.717, 1.165) is 6.07 Å². The van der Waals surface area contributed by atoms with Crippen LogP contribution in [0.2, 0.25) is 0 Å². The highest BCUT2D eigenvalue weighted by Crippen LogP contribution is 2.20. The van der Waals surface area contributed by atoms with Crippen molar-refractivity contribution in [2.45, 2.75) is 13.0 Å². The first kappa shape index (κ1) is 12.1.